The standard InChI is InChI=1S/C12H11NO.C7H13N/c14-12-10-6-2-4-8-3-1-5-9(7-13-12)11(8)10;1-4-8-5-2-7(1)3-6-8/h2,4,6-7H,1,3,5H2,(H,13,14);7H,1-6H2. The summed E-state index contributed by atoms with van der Waals surface area (Å²) in [4.78, 5) is 17.0. The molecular weight excluding hydrogens is 272 g/mol. The molecule has 3 fully saturated rings. The van der Waals surface area contributed by atoms with Crippen molar-refractivity contribution in [1.82, 2.24) is 9.88 Å². The van der Waals surface area contributed by atoms with Crippen LogP contribution in [0.15, 0.2) is 29.2 Å². The van der Waals surface area contributed by atoms with Crippen molar-refractivity contribution in [2.24, 2.45) is 5.92 Å². The van der Waals surface area contributed by atoms with Gasteiger partial charge in [0.25, 0.3) is 5.56 Å². The first kappa shape index (κ1) is 14.0. The van der Waals surface area contributed by atoms with Gasteiger partial charge in [-0.05, 0) is 86.7 Å². The number of aromatic amines is 1. The second kappa shape index (κ2) is 5.88. The lowest BCUT2D eigenvalue weighted by molar-refractivity contribution is 0.111. The summed E-state index contributed by atoms with van der Waals surface area (Å²) in [7, 11) is 0. The SMILES string of the molecule is C1CN2CCC1CC2.O=c1[nH]cc2c3c(cccc13)CCC2. The summed E-state index contributed by atoms with van der Waals surface area (Å²) in [5.41, 5.74) is 2.66. The Morgan fingerprint density at radius 3 is 2.36 bits per heavy atom. The van der Waals surface area contributed by atoms with Gasteiger partial charge < -0.3 is 9.88 Å². The van der Waals surface area contributed by atoms with E-state index in [1.165, 1.54) is 61.8 Å². The van der Waals surface area contributed by atoms with Gasteiger partial charge in [0.1, 0.15) is 0 Å². The molecule has 3 nitrogen and oxygen atoms in total. The molecule has 3 heteroatoms. The van der Waals surface area contributed by atoms with Crippen LogP contribution in [0.25, 0.3) is 10.8 Å². The van der Waals surface area contributed by atoms with E-state index in [0.717, 1.165) is 24.1 Å². The minimum atomic E-state index is 0.0347. The van der Waals surface area contributed by atoms with Crippen molar-refractivity contribution in [3.63, 3.8) is 0 Å². The molecule has 0 atom stereocenters. The van der Waals surface area contributed by atoms with E-state index < -0.39 is 0 Å². The van der Waals surface area contributed by atoms with Crippen molar-refractivity contribution in [3.8, 4) is 0 Å². The molecule has 116 valence electrons. The number of rotatable bonds is 0. The van der Waals surface area contributed by atoms with Crippen LogP contribution in [0.4, 0.5) is 0 Å². The predicted octanol–water partition coefficient (Wildman–Crippen LogP) is 3.12. The summed E-state index contributed by atoms with van der Waals surface area (Å²) in [6, 6.07) is 6.01. The van der Waals surface area contributed by atoms with Crippen LogP contribution < -0.4 is 5.56 Å². The van der Waals surface area contributed by atoms with Crippen molar-refractivity contribution in [1.29, 1.82) is 0 Å². The maximum absolute atomic E-state index is 11.6. The molecule has 1 aromatic carbocycles. The Balaban J connectivity index is 0.000000132. The number of hydrogen-bond donors (Lipinski definition) is 1. The first-order valence-corrected chi connectivity index (χ1v) is 8.66. The molecule has 6 rings (SSSR count). The van der Waals surface area contributed by atoms with Gasteiger partial charge in [0.15, 0.2) is 0 Å². The van der Waals surface area contributed by atoms with Crippen LogP contribution in [0.2, 0.25) is 0 Å². The number of aryl methyl sites for hydroxylation is 2. The molecule has 1 aliphatic carbocycles. The molecule has 22 heavy (non-hydrogen) atoms. The van der Waals surface area contributed by atoms with E-state index in [0.29, 0.717) is 0 Å². The van der Waals surface area contributed by atoms with Crippen LogP contribution in [0.3, 0.4) is 0 Å². The number of H-pyrrole nitrogens is 1. The van der Waals surface area contributed by atoms with Crippen molar-refractivity contribution >= 4 is 10.8 Å². The summed E-state index contributed by atoms with van der Waals surface area (Å²) in [5, 5.41) is 2.04. The van der Waals surface area contributed by atoms with Gasteiger partial charge in [-0.1, -0.05) is 12.1 Å². The topological polar surface area (TPSA) is 36.1 Å². The van der Waals surface area contributed by atoms with E-state index in [9.17, 15) is 4.79 Å². The third kappa shape index (κ3) is 2.58. The molecule has 3 aliphatic heterocycles. The van der Waals surface area contributed by atoms with Gasteiger partial charge in [-0.3, -0.25) is 4.79 Å². The molecule has 1 N–H and O–H groups in total. The number of aromatic nitrogens is 1. The molecule has 0 amide bonds. The lowest BCUT2D eigenvalue weighted by Gasteiger charge is -2.38. The lowest BCUT2D eigenvalue weighted by atomic mass is 9.89. The Labute approximate surface area is 131 Å². The summed E-state index contributed by atoms with van der Waals surface area (Å²) in [6.45, 7) is 4.18. The zero-order valence-corrected chi connectivity index (χ0v) is 13.1. The lowest BCUT2D eigenvalue weighted by Crippen LogP contribution is -2.41. The molecule has 3 saturated heterocycles. The van der Waals surface area contributed by atoms with Crippen molar-refractivity contribution in [3.05, 3.63) is 45.9 Å². The molecular formula is C19H24N2O. The van der Waals surface area contributed by atoms with Gasteiger partial charge in [-0.25, -0.2) is 0 Å². The van der Waals surface area contributed by atoms with E-state index in [-0.39, 0.29) is 5.56 Å². The highest BCUT2D eigenvalue weighted by molar-refractivity contribution is 5.88. The fraction of sp³-hybridized carbons (Fsp3) is 0.526. The molecule has 1 aromatic heterocycles. The fourth-order valence-electron chi connectivity index (χ4n) is 4.21. The highest BCUT2D eigenvalue weighted by Gasteiger charge is 2.24. The zero-order chi connectivity index (χ0) is 14.9. The van der Waals surface area contributed by atoms with Gasteiger partial charge in [0.2, 0.25) is 0 Å². The molecule has 0 saturated carbocycles. The quantitative estimate of drug-likeness (QED) is 0.811. The normalized spacial score (nSPS) is 25.6. The van der Waals surface area contributed by atoms with Gasteiger partial charge in [-0.2, -0.15) is 0 Å². The number of hydrogen-bond acceptors (Lipinski definition) is 2. The third-order valence-electron chi connectivity index (χ3n) is 5.55. The number of nitrogens with zero attached hydrogens (tertiary/aromatic N) is 1. The second-order valence-electron chi connectivity index (χ2n) is 6.91. The molecule has 2 aromatic rings. The second-order valence-corrected chi connectivity index (χ2v) is 6.91. The maximum atomic E-state index is 11.6. The minimum absolute atomic E-state index is 0.0347. The van der Waals surface area contributed by atoms with E-state index in [1.54, 1.807) is 0 Å². The number of fused-ring (bicyclic) bond motifs is 3. The van der Waals surface area contributed by atoms with E-state index in [1.807, 2.05) is 18.3 Å². The molecule has 0 radical (unpaired) electrons. The van der Waals surface area contributed by atoms with Gasteiger partial charge in [0.05, 0.1) is 0 Å². The minimum Gasteiger partial charge on any atom is -0.328 e. The number of piperidine rings is 3. The van der Waals surface area contributed by atoms with E-state index in [2.05, 4.69) is 16.0 Å². The molecule has 0 unspecified atom stereocenters. The average Bonchev–Trinajstić information content (AvgIpc) is 2.61. The summed E-state index contributed by atoms with van der Waals surface area (Å²) in [6.07, 6.45) is 9.71. The van der Waals surface area contributed by atoms with Gasteiger partial charge in [-0.15, -0.1) is 0 Å². The van der Waals surface area contributed by atoms with Gasteiger partial charge in [0, 0.05) is 11.6 Å². The molecule has 4 heterocycles. The molecule has 2 bridgehead atoms. The van der Waals surface area contributed by atoms with Crippen LogP contribution in [0, 0.1) is 5.92 Å². The Morgan fingerprint density at radius 1 is 1.00 bits per heavy atom. The molecule has 4 aliphatic rings. The zero-order valence-electron chi connectivity index (χ0n) is 13.1. The largest absolute Gasteiger partial charge is 0.328 e. The van der Waals surface area contributed by atoms with Crippen LogP contribution >= 0.6 is 0 Å². The number of nitrogens with one attached hydrogen (secondary N) is 1. The summed E-state index contributed by atoms with van der Waals surface area (Å²) in [5.74, 6) is 1.11. The third-order valence-corrected chi connectivity index (χ3v) is 5.55. The van der Waals surface area contributed by atoms with Crippen LogP contribution in [-0.2, 0) is 12.8 Å². The van der Waals surface area contributed by atoms with Crippen LogP contribution in [-0.4, -0.2) is 29.5 Å². The maximum Gasteiger partial charge on any atom is 0.255 e. The Morgan fingerprint density at radius 2 is 1.73 bits per heavy atom. The average molecular weight is 296 g/mol. The van der Waals surface area contributed by atoms with Crippen molar-refractivity contribution in [2.75, 3.05) is 19.6 Å². The summed E-state index contributed by atoms with van der Waals surface area (Å²) < 4.78 is 0. The van der Waals surface area contributed by atoms with Crippen LogP contribution in [0.5, 0.6) is 0 Å². The Kier molecular flexibility index (Phi) is 3.75. The van der Waals surface area contributed by atoms with E-state index in [4.69, 9.17) is 0 Å². The van der Waals surface area contributed by atoms with Crippen molar-refractivity contribution in [2.45, 2.75) is 38.5 Å². The highest BCUT2D eigenvalue weighted by Crippen LogP contribution is 2.27. The predicted molar refractivity (Wildman–Crippen MR) is 90.4 cm³/mol. The first-order chi connectivity index (χ1) is 10.8. The Hall–Kier alpha value is -1.61. The fourth-order valence-corrected chi connectivity index (χ4v) is 4.21. The summed E-state index contributed by atoms with van der Waals surface area (Å²) >= 11 is 0. The van der Waals surface area contributed by atoms with E-state index >= 15 is 0 Å². The van der Waals surface area contributed by atoms with Crippen LogP contribution in [0.1, 0.15) is 36.8 Å². The number of benzene rings is 1. The van der Waals surface area contributed by atoms with Gasteiger partial charge >= 0.3 is 0 Å². The first-order valence-electron chi connectivity index (χ1n) is 8.66. The van der Waals surface area contributed by atoms with Crippen molar-refractivity contribution < 1.29 is 0 Å². The highest BCUT2D eigenvalue weighted by atomic mass is 16.1. The number of pyridine rings is 1. The Bertz CT molecular complexity index is 693. The smallest absolute Gasteiger partial charge is 0.255 e. The molecule has 0 spiro atoms. The monoisotopic (exact) mass is 296 g/mol.